The predicted molar refractivity (Wildman–Crippen MR) is 73.2 cm³/mol. The Hall–Kier alpha value is -1.70. The number of likely N-dealkylation sites (N-methyl/N-ethyl adjacent to an activating group) is 1. The molecule has 23 heavy (non-hydrogen) atoms. The van der Waals surface area contributed by atoms with E-state index in [-0.39, 0.29) is 28.9 Å². The summed E-state index contributed by atoms with van der Waals surface area (Å²) in [6, 6.07) is 0.298. The second-order valence-corrected chi connectivity index (χ2v) is 6.04. The van der Waals surface area contributed by atoms with Crippen molar-refractivity contribution in [2.75, 3.05) is 14.1 Å². The Morgan fingerprint density at radius 3 is 2.22 bits per heavy atom. The van der Waals surface area contributed by atoms with E-state index in [0.717, 1.165) is 0 Å². The fourth-order valence-electron chi connectivity index (χ4n) is 3.30. The largest absolute Gasteiger partial charge is 0.417 e. The summed E-state index contributed by atoms with van der Waals surface area (Å²) in [6.07, 6.45) is -8.18. The molecule has 1 aliphatic rings. The second-order valence-electron chi connectivity index (χ2n) is 6.04. The van der Waals surface area contributed by atoms with Crippen molar-refractivity contribution >= 4 is 10.9 Å². The minimum Gasteiger partial charge on any atom is -0.361 e. The van der Waals surface area contributed by atoms with Gasteiger partial charge in [-0.15, -0.1) is 0 Å². The van der Waals surface area contributed by atoms with Gasteiger partial charge in [0.2, 0.25) is 0 Å². The normalized spacial score (nSPS) is 18.9. The van der Waals surface area contributed by atoms with Crippen LogP contribution in [-0.4, -0.2) is 30.0 Å². The van der Waals surface area contributed by atoms with Gasteiger partial charge in [0.05, 0.1) is 11.1 Å². The average Bonchev–Trinajstić information content (AvgIpc) is 2.80. The Balaban J connectivity index is 2.37. The first-order chi connectivity index (χ1) is 10.5. The lowest BCUT2D eigenvalue weighted by atomic mass is 9.83. The third-order valence-corrected chi connectivity index (χ3v) is 4.37. The minimum absolute atomic E-state index is 0.0624. The number of aromatic nitrogens is 1. The molecule has 1 N–H and O–H groups in total. The summed E-state index contributed by atoms with van der Waals surface area (Å²) in [5, 5.41) is 0.281. The third-order valence-electron chi connectivity index (χ3n) is 4.37. The van der Waals surface area contributed by atoms with Crippen LogP contribution < -0.4 is 0 Å². The molecule has 2 nitrogen and oxygen atoms in total. The van der Waals surface area contributed by atoms with E-state index in [1.807, 2.05) is 0 Å². The van der Waals surface area contributed by atoms with Gasteiger partial charge in [0.1, 0.15) is 0 Å². The number of nitrogens with one attached hydrogen (secondary N) is 1. The number of hydrogen-bond acceptors (Lipinski definition) is 1. The fourth-order valence-corrected chi connectivity index (χ4v) is 3.30. The van der Waals surface area contributed by atoms with Gasteiger partial charge in [0.15, 0.2) is 0 Å². The molecule has 0 saturated heterocycles. The van der Waals surface area contributed by atoms with Crippen molar-refractivity contribution in [2.24, 2.45) is 0 Å². The smallest absolute Gasteiger partial charge is 0.361 e. The van der Waals surface area contributed by atoms with Crippen molar-refractivity contribution in [1.82, 2.24) is 9.88 Å². The molecule has 3 rings (SSSR count). The molecule has 1 atom stereocenters. The Kier molecular flexibility index (Phi) is 3.44. The van der Waals surface area contributed by atoms with E-state index in [4.69, 9.17) is 0 Å². The van der Waals surface area contributed by atoms with Crippen LogP contribution in [0.2, 0.25) is 0 Å². The highest BCUT2D eigenvalue weighted by atomic mass is 19.4. The minimum atomic E-state index is -5.06. The van der Waals surface area contributed by atoms with Gasteiger partial charge in [-0.25, -0.2) is 0 Å². The van der Waals surface area contributed by atoms with Crippen molar-refractivity contribution in [2.45, 2.75) is 31.2 Å². The molecule has 0 bridgehead atoms. The Bertz CT molecular complexity index is 754. The monoisotopic (exact) mass is 336 g/mol. The SMILES string of the molecule is CN(C)C1Cc2c[nH]c3cc(C(F)(F)F)c(C(F)(F)F)c(c23)C1. The lowest BCUT2D eigenvalue weighted by Crippen LogP contribution is -2.35. The first-order valence-corrected chi connectivity index (χ1v) is 6.96. The Morgan fingerprint density at radius 1 is 1.04 bits per heavy atom. The zero-order valence-electron chi connectivity index (χ0n) is 12.4. The fraction of sp³-hybridized carbons (Fsp3) is 0.467. The highest BCUT2D eigenvalue weighted by Gasteiger charge is 2.46. The summed E-state index contributed by atoms with van der Waals surface area (Å²) in [4.78, 5) is 4.42. The van der Waals surface area contributed by atoms with E-state index in [0.29, 0.717) is 18.1 Å². The van der Waals surface area contributed by atoms with E-state index in [1.54, 1.807) is 19.0 Å². The van der Waals surface area contributed by atoms with Crippen molar-refractivity contribution < 1.29 is 26.3 Å². The summed E-state index contributed by atoms with van der Waals surface area (Å²) >= 11 is 0. The maximum atomic E-state index is 13.4. The molecule has 8 heteroatoms. The van der Waals surface area contributed by atoms with Crippen molar-refractivity contribution in [1.29, 1.82) is 0 Å². The average molecular weight is 336 g/mol. The summed E-state index contributed by atoms with van der Waals surface area (Å²) in [7, 11) is 3.42. The summed E-state index contributed by atoms with van der Waals surface area (Å²) in [6.45, 7) is 0. The van der Waals surface area contributed by atoms with Crippen LogP contribution in [-0.2, 0) is 25.2 Å². The lowest BCUT2D eigenvalue weighted by molar-refractivity contribution is -0.162. The van der Waals surface area contributed by atoms with E-state index in [2.05, 4.69) is 4.98 Å². The van der Waals surface area contributed by atoms with Gasteiger partial charge in [-0.2, -0.15) is 26.3 Å². The number of hydrogen-bond donors (Lipinski definition) is 1. The van der Waals surface area contributed by atoms with E-state index >= 15 is 0 Å². The molecule has 0 amide bonds. The highest BCUT2D eigenvalue weighted by Crippen LogP contribution is 2.47. The van der Waals surface area contributed by atoms with Gasteiger partial charge in [-0.1, -0.05) is 0 Å². The van der Waals surface area contributed by atoms with Crippen molar-refractivity contribution in [3.05, 3.63) is 34.5 Å². The van der Waals surface area contributed by atoms with Gasteiger partial charge in [0, 0.05) is 23.1 Å². The number of aromatic amines is 1. The molecular weight excluding hydrogens is 322 g/mol. The standard InChI is InChI=1S/C15H14F6N2/c1-23(2)8-3-7-6-22-11-5-10(14(16,17)18)13(15(19,20)21)9(4-8)12(7)11/h5-6,8,22H,3-4H2,1-2H3. The van der Waals surface area contributed by atoms with Crippen LogP contribution in [0.25, 0.3) is 10.9 Å². The number of benzene rings is 1. The Labute approximate surface area is 128 Å². The summed E-state index contributed by atoms with van der Waals surface area (Å²) in [5.41, 5.74) is -2.71. The number of halogens is 6. The number of rotatable bonds is 1. The molecule has 0 aliphatic heterocycles. The molecule has 1 aliphatic carbocycles. The second kappa shape index (κ2) is 4.90. The van der Waals surface area contributed by atoms with Gasteiger partial charge >= 0.3 is 12.4 Å². The molecule has 0 radical (unpaired) electrons. The maximum Gasteiger partial charge on any atom is 0.417 e. The van der Waals surface area contributed by atoms with Crippen LogP contribution >= 0.6 is 0 Å². The number of nitrogens with zero attached hydrogens (tertiary/aromatic N) is 1. The summed E-state index contributed by atoms with van der Waals surface area (Å²) in [5.74, 6) is 0. The van der Waals surface area contributed by atoms with Crippen LogP contribution in [0, 0.1) is 0 Å². The van der Waals surface area contributed by atoms with E-state index in [1.165, 1.54) is 6.20 Å². The maximum absolute atomic E-state index is 13.4. The number of H-pyrrole nitrogens is 1. The first kappa shape index (κ1) is 16.2. The molecule has 1 aromatic carbocycles. The highest BCUT2D eigenvalue weighted by molar-refractivity contribution is 5.90. The van der Waals surface area contributed by atoms with Crippen LogP contribution in [0.4, 0.5) is 26.3 Å². The van der Waals surface area contributed by atoms with Crippen LogP contribution in [0.3, 0.4) is 0 Å². The van der Waals surface area contributed by atoms with Crippen LogP contribution in [0.5, 0.6) is 0 Å². The number of alkyl halides is 6. The molecule has 0 saturated carbocycles. The Morgan fingerprint density at radius 2 is 1.70 bits per heavy atom. The van der Waals surface area contributed by atoms with E-state index in [9.17, 15) is 26.3 Å². The van der Waals surface area contributed by atoms with Gasteiger partial charge < -0.3 is 9.88 Å². The molecule has 126 valence electrons. The predicted octanol–water partition coefficient (Wildman–Crippen LogP) is 4.23. The molecular formula is C15H14F6N2. The zero-order chi connectivity index (χ0) is 17.2. The molecule has 1 heterocycles. The zero-order valence-corrected chi connectivity index (χ0v) is 12.4. The van der Waals surface area contributed by atoms with Gasteiger partial charge in [-0.3, -0.25) is 0 Å². The molecule has 0 spiro atoms. The topological polar surface area (TPSA) is 19.0 Å². The summed E-state index contributed by atoms with van der Waals surface area (Å²) < 4.78 is 79.8. The van der Waals surface area contributed by atoms with Crippen molar-refractivity contribution in [3.63, 3.8) is 0 Å². The van der Waals surface area contributed by atoms with Crippen LogP contribution in [0.15, 0.2) is 12.3 Å². The molecule has 1 unspecified atom stereocenters. The first-order valence-electron chi connectivity index (χ1n) is 6.96. The van der Waals surface area contributed by atoms with Gasteiger partial charge in [-0.05, 0) is 44.1 Å². The molecule has 1 aromatic heterocycles. The van der Waals surface area contributed by atoms with Crippen LogP contribution in [0.1, 0.15) is 22.3 Å². The lowest BCUT2D eigenvalue weighted by Gasteiger charge is -2.31. The third kappa shape index (κ3) is 2.58. The van der Waals surface area contributed by atoms with Gasteiger partial charge in [0.25, 0.3) is 0 Å². The quantitative estimate of drug-likeness (QED) is 0.772. The van der Waals surface area contributed by atoms with Crippen molar-refractivity contribution in [3.8, 4) is 0 Å². The molecule has 2 aromatic rings. The molecule has 0 fully saturated rings. The van der Waals surface area contributed by atoms with E-state index < -0.39 is 23.5 Å².